The third-order valence-electron chi connectivity index (χ3n) is 2.35. The minimum atomic E-state index is -1.80. The number of rotatable bonds is 6. The van der Waals surface area contributed by atoms with E-state index in [9.17, 15) is 0 Å². The van der Waals surface area contributed by atoms with Gasteiger partial charge in [0.2, 0.25) is 7.59 Å². The van der Waals surface area contributed by atoms with E-state index < -0.39 is 7.59 Å². The quantitative estimate of drug-likeness (QED) is 0.305. The summed E-state index contributed by atoms with van der Waals surface area (Å²) >= 11 is 36.2. The molecule has 0 saturated carbocycles. The molecule has 0 saturated heterocycles. The van der Waals surface area contributed by atoms with Crippen LogP contribution in [0.2, 0.25) is 0 Å². The van der Waals surface area contributed by atoms with Crippen molar-refractivity contribution in [3.05, 3.63) is 11.6 Å². The van der Waals surface area contributed by atoms with Gasteiger partial charge in [0, 0.05) is 5.75 Å². The molecular formula is C11H13Cl6N3S. The second kappa shape index (κ2) is 8.81. The first-order valence-corrected chi connectivity index (χ1v) is 9.43. The zero-order valence-electron chi connectivity index (χ0n) is 11.1. The Morgan fingerprint density at radius 1 is 0.810 bits per heavy atom. The predicted octanol–water partition coefficient (Wildman–Crippen LogP) is 6.20. The van der Waals surface area contributed by atoms with Gasteiger partial charge in [0.1, 0.15) is 0 Å². The lowest BCUT2D eigenvalue weighted by molar-refractivity contribution is 0.704. The molecule has 0 radical (unpaired) electrons. The maximum absolute atomic E-state index is 5.79. The van der Waals surface area contributed by atoms with Crippen LogP contribution in [0.5, 0.6) is 0 Å². The van der Waals surface area contributed by atoms with E-state index in [1.54, 1.807) is 0 Å². The molecule has 1 aromatic rings. The number of nitrogens with zero attached hydrogens (tertiary/aromatic N) is 3. The highest BCUT2D eigenvalue weighted by molar-refractivity contribution is 7.99. The largest absolute Gasteiger partial charge is 0.250 e. The van der Waals surface area contributed by atoms with E-state index in [2.05, 4.69) is 21.9 Å². The maximum atomic E-state index is 5.79. The molecule has 1 heterocycles. The van der Waals surface area contributed by atoms with Crippen LogP contribution in [-0.2, 0) is 7.59 Å². The normalized spacial score (nSPS) is 12.7. The van der Waals surface area contributed by atoms with Crippen molar-refractivity contribution in [2.24, 2.45) is 0 Å². The Balaban J connectivity index is 2.88. The molecular weight excluding hydrogens is 419 g/mol. The average Bonchev–Trinajstić information content (AvgIpc) is 2.36. The van der Waals surface area contributed by atoms with E-state index in [4.69, 9.17) is 69.6 Å². The highest BCUT2D eigenvalue weighted by Crippen LogP contribution is 2.40. The van der Waals surface area contributed by atoms with E-state index in [-0.39, 0.29) is 11.6 Å². The number of alkyl halides is 6. The van der Waals surface area contributed by atoms with Crippen LogP contribution in [0.25, 0.3) is 0 Å². The van der Waals surface area contributed by atoms with E-state index in [1.165, 1.54) is 24.6 Å². The van der Waals surface area contributed by atoms with Gasteiger partial charge in [-0.25, -0.2) is 15.0 Å². The molecule has 0 aliphatic heterocycles. The van der Waals surface area contributed by atoms with Gasteiger partial charge >= 0.3 is 0 Å². The summed E-state index contributed by atoms with van der Waals surface area (Å²) < 4.78 is -3.60. The summed E-state index contributed by atoms with van der Waals surface area (Å²) in [6, 6.07) is 0. The van der Waals surface area contributed by atoms with Crippen molar-refractivity contribution in [2.45, 2.75) is 45.3 Å². The van der Waals surface area contributed by atoms with E-state index >= 15 is 0 Å². The summed E-state index contributed by atoms with van der Waals surface area (Å²) in [5.41, 5.74) is 0. The molecule has 0 aliphatic carbocycles. The zero-order valence-corrected chi connectivity index (χ0v) is 16.4. The third kappa shape index (κ3) is 7.47. The first kappa shape index (κ1) is 20.1. The second-order valence-electron chi connectivity index (χ2n) is 4.17. The molecule has 0 aliphatic rings. The average molecular weight is 432 g/mol. The first-order valence-electron chi connectivity index (χ1n) is 6.18. The number of halogens is 6. The molecule has 0 fully saturated rings. The molecule has 0 amide bonds. The van der Waals surface area contributed by atoms with Gasteiger partial charge in [-0.2, -0.15) is 0 Å². The summed E-state index contributed by atoms with van der Waals surface area (Å²) in [6.45, 7) is 2.15. The Kier molecular flexibility index (Phi) is 8.45. The van der Waals surface area contributed by atoms with Gasteiger partial charge in [-0.15, -0.1) is 0 Å². The molecule has 120 valence electrons. The van der Waals surface area contributed by atoms with Crippen LogP contribution in [0, 0.1) is 0 Å². The lowest BCUT2D eigenvalue weighted by Crippen LogP contribution is -2.16. The van der Waals surface area contributed by atoms with E-state index in [1.807, 2.05) is 0 Å². The second-order valence-corrected chi connectivity index (χ2v) is 9.79. The van der Waals surface area contributed by atoms with Crippen molar-refractivity contribution in [2.75, 3.05) is 5.75 Å². The zero-order chi connectivity index (χ0) is 16.1. The van der Waals surface area contributed by atoms with Crippen molar-refractivity contribution in [3.63, 3.8) is 0 Å². The molecule has 0 N–H and O–H groups in total. The lowest BCUT2D eigenvalue weighted by Gasteiger charge is -2.15. The molecule has 1 aromatic heterocycles. The number of hydrogen-bond acceptors (Lipinski definition) is 4. The SMILES string of the molecule is CCCCCCSc1nc(C(Cl)(Cl)Cl)nc(C(Cl)(Cl)Cl)n1. The van der Waals surface area contributed by atoms with Gasteiger partial charge in [0.25, 0.3) is 0 Å². The maximum Gasteiger partial charge on any atom is 0.250 e. The van der Waals surface area contributed by atoms with Crippen LogP contribution in [0.1, 0.15) is 44.3 Å². The highest BCUT2D eigenvalue weighted by atomic mass is 35.6. The predicted molar refractivity (Wildman–Crippen MR) is 93.2 cm³/mol. The molecule has 1 rings (SSSR count). The van der Waals surface area contributed by atoms with Crippen LogP contribution in [0.3, 0.4) is 0 Å². The minimum absolute atomic E-state index is 0.0557. The minimum Gasteiger partial charge on any atom is -0.209 e. The van der Waals surface area contributed by atoms with Crippen molar-refractivity contribution in [1.29, 1.82) is 0 Å². The molecule has 10 heteroatoms. The van der Waals surface area contributed by atoms with Gasteiger partial charge in [-0.3, -0.25) is 0 Å². The van der Waals surface area contributed by atoms with Crippen molar-refractivity contribution in [1.82, 2.24) is 15.0 Å². The van der Waals surface area contributed by atoms with Crippen LogP contribution < -0.4 is 0 Å². The fourth-order valence-corrected chi connectivity index (χ4v) is 2.71. The van der Waals surface area contributed by atoms with Crippen molar-refractivity contribution in [3.8, 4) is 0 Å². The number of unbranched alkanes of at least 4 members (excludes halogenated alkanes) is 3. The Hall–Kier alpha value is 1.10. The molecule has 0 atom stereocenters. The summed E-state index contributed by atoms with van der Waals surface area (Å²) in [4.78, 5) is 12.1. The fraction of sp³-hybridized carbons (Fsp3) is 0.727. The number of thioether (sulfide) groups is 1. The molecule has 0 bridgehead atoms. The Labute approximate surface area is 158 Å². The van der Waals surface area contributed by atoms with Gasteiger partial charge in [0.15, 0.2) is 16.8 Å². The number of hydrogen-bond donors (Lipinski definition) is 0. The van der Waals surface area contributed by atoms with Gasteiger partial charge in [0.05, 0.1) is 0 Å². The summed E-state index contributed by atoms with van der Waals surface area (Å²) in [7, 11) is 0. The van der Waals surface area contributed by atoms with E-state index in [0.717, 1.165) is 18.6 Å². The van der Waals surface area contributed by atoms with E-state index in [0.29, 0.717) is 5.16 Å². The first-order chi connectivity index (χ1) is 9.64. The third-order valence-corrected chi connectivity index (χ3v) is 4.30. The monoisotopic (exact) mass is 429 g/mol. The van der Waals surface area contributed by atoms with Crippen LogP contribution in [0.15, 0.2) is 5.16 Å². The summed E-state index contributed by atoms with van der Waals surface area (Å²) in [6.07, 6.45) is 4.54. The summed E-state index contributed by atoms with van der Waals surface area (Å²) in [5, 5.41) is 0.379. The molecule has 0 unspecified atom stereocenters. The van der Waals surface area contributed by atoms with Crippen molar-refractivity contribution < 1.29 is 0 Å². The molecule has 21 heavy (non-hydrogen) atoms. The molecule has 0 aromatic carbocycles. The Bertz CT molecular complexity index is 428. The Morgan fingerprint density at radius 3 is 1.76 bits per heavy atom. The topological polar surface area (TPSA) is 38.7 Å². The van der Waals surface area contributed by atoms with Gasteiger partial charge < -0.3 is 0 Å². The smallest absolute Gasteiger partial charge is 0.209 e. The lowest BCUT2D eigenvalue weighted by atomic mass is 10.2. The highest BCUT2D eigenvalue weighted by Gasteiger charge is 2.33. The number of aromatic nitrogens is 3. The van der Waals surface area contributed by atoms with Gasteiger partial charge in [-0.05, 0) is 6.42 Å². The van der Waals surface area contributed by atoms with Crippen LogP contribution in [0.4, 0.5) is 0 Å². The van der Waals surface area contributed by atoms with Crippen molar-refractivity contribution >= 4 is 81.4 Å². The van der Waals surface area contributed by atoms with Crippen LogP contribution in [-0.4, -0.2) is 20.7 Å². The summed E-state index contributed by atoms with van der Waals surface area (Å²) in [5.74, 6) is 0.725. The molecule has 3 nitrogen and oxygen atoms in total. The fourth-order valence-electron chi connectivity index (χ4n) is 1.37. The standard InChI is InChI=1S/C11H13Cl6N3S/c1-2-3-4-5-6-21-9-19-7(10(12,13)14)18-8(20-9)11(15,16)17/h2-6H2,1H3. The van der Waals surface area contributed by atoms with Gasteiger partial charge in [-0.1, -0.05) is 108 Å². The van der Waals surface area contributed by atoms with Crippen LogP contribution >= 0.6 is 81.4 Å². The Morgan fingerprint density at radius 2 is 1.33 bits per heavy atom. The molecule has 0 spiro atoms.